The predicted octanol–water partition coefficient (Wildman–Crippen LogP) is 10.7. The van der Waals surface area contributed by atoms with Crippen LogP contribution in [0.2, 0.25) is 0 Å². The molecule has 0 spiro atoms. The molecule has 10 aromatic rings. The van der Waals surface area contributed by atoms with E-state index in [4.69, 9.17) is 13.0 Å². The minimum absolute atomic E-state index is 0.130. The second kappa shape index (κ2) is 19.7. The van der Waals surface area contributed by atoms with Crippen LogP contribution in [0, 0.1) is 0 Å². The molecule has 0 aromatic heterocycles. The monoisotopic (exact) mass is 1130 g/mol. The van der Waals surface area contributed by atoms with Crippen molar-refractivity contribution in [1.29, 1.82) is 0 Å². The molecule has 0 atom stereocenters. The van der Waals surface area contributed by atoms with Crippen LogP contribution in [0.15, 0.2) is 213 Å². The van der Waals surface area contributed by atoms with Crippen LogP contribution in [0.5, 0.6) is 34.5 Å². The number of anilines is 3. The summed E-state index contributed by atoms with van der Waals surface area (Å²) < 4.78 is 126. The normalized spacial score (nSPS) is 15.1. The first-order valence-electron chi connectivity index (χ1n) is 26.2. The van der Waals surface area contributed by atoms with E-state index in [1.165, 1.54) is 182 Å². The third-order valence-electron chi connectivity index (χ3n) is 15.0. The number of fused-ring (bicyclic) bond motifs is 6. The number of hydrogen-bond donors (Lipinski definition) is 6. The number of phenolic OH excluding ortho intramolecular Hbond substituents is 6. The summed E-state index contributed by atoms with van der Waals surface area (Å²) >= 11 is 0. The molecule has 0 radical (unpaired) electrons. The third kappa shape index (κ3) is 9.11. The van der Waals surface area contributed by atoms with E-state index in [-0.39, 0.29) is 84.9 Å². The standard InChI is InChI=1S/C63H42B3F6N3O9/c67-64(68)73(58-49(37-10-22-43(76)23-11-37)4-1-5-50(58)38-12-24-44(77)25-13-38)34-55-61(82-64)56-35-74(59-51(39-14-26-45(78)27-15-39)6-2-7-52(59)40-16-28-46(79)29-17-40)66(71,72)84-63(56)57-36-75(65(69,70)83-62(55)57)60-53(41-18-30-47(80)31-19-41)8-3-9-54(60)42-20-32-48(81)33-21-42/h1-36,76-81H. The molecule has 3 aliphatic rings. The number of hydrogen-bond acceptors (Lipinski definition) is 9. The van der Waals surface area contributed by atoms with Crippen molar-refractivity contribution in [1.82, 2.24) is 0 Å². The number of halogens is 6. The Bertz CT molecular complexity index is 4020. The van der Waals surface area contributed by atoms with Crippen LogP contribution in [0.1, 0.15) is 0 Å². The van der Waals surface area contributed by atoms with E-state index < -0.39 is 53.1 Å². The Morgan fingerprint density at radius 1 is 0.250 bits per heavy atom. The minimum atomic E-state index is -5.44. The van der Waals surface area contributed by atoms with Gasteiger partial charge in [-0.15, -0.1) is 0 Å². The molecule has 84 heavy (non-hydrogen) atoms. The summed E-state index contributed by atoms with van der Waals surface area (Å²) in [4.78, 5) is 1.44. The van der Waals surface area contributed by atoms with Crippen molar-refractivity contribution in [2.75, 3.05) is 14.4 Å². The van der Waals surface area contributed by atoms with Gasteiger partial charge in [0.05, 0.1) is 0 Å². The first-order valence-corrected chi connectivity index (χ1v) is 26.2. The quantitative estimate of drug-likeness (QED) is 0.0469. The number of phenols is 6. The summed E-state index contributed by atoms with van der Waals surface area (Å²) in [6.07, 6.45) is 2.60. The molecule has 414 valence electrons. The second-order valence-corrected chi connectivity index (χ2v) is 20.3. The zero-order valence-corrected chi connectivity index (χ0v) is 43.5. The van der Waals surface area contributed by atoms with Gasteiger partial charge in [0.1, 0.15) is 34.5 Å². The highest BCUT2D eigenvalue weighted by atomic mass is 19.3. The summed E-state index contributed by atoms with van der Waals surface area (Å²) in [6.45, 7) is 0. The van der Waals surface area contributed by atoms with Gasteiger partial charge in [0.15, 0.2) is 15.7 Å². The molecular formula is C63H42B3F6N3O9. The van der Waals surface area contributed by atoms with E-state index in [0.29, 0.717) is 47.8 Å². The fraction of sp³-hybridized carbons (Fsp3) is 0. The van der Waals surface area contributed by atoms with Crippen LogP contribution in [-0.4, -0.2) is 51.8 Å². The maximum Gasteiger partial charge on any atom is 0.891 e. The van der Waals surface area contributed by atoms with Gasteiger partial charge in [-0.05, 0) is 106 Å². The Morgan fingerprint density at radius 2 is 0.417 bits per heavy atom. The molecule has 0 fully saturated rings. The zero-order valence-electron chi connectivity index (χ0n) is 43.5. The van der Waals surface area contributed by atoms with E-state index >= 15 is 25.9 Å². The number of rotatable bonds is 9. The molecule has 3 aliphatic heterocycles. The second-order valence-electron chi connectivity index (χ2n) is 20.3. The first-order chi connectivity index (χ1) is 40.3. The molecule has 13 rings (SSSR count). The molecule has 10 aromatic carbocycles. The van der Waals surface area contributed by atoms with Crippen molar-refractivity contribution >= 4 is 56.8 Å². The molecule has 0 bridgehead atoms. The lowest BCUT2D eigenvalue weighted by Crippen LogP contribution is -2.74. The van der Waals surface area contributed by atoms with Gasteiger partial charge in [0, 0.05) is 69.0 Å². The van der Waals surface area contributed by atoms with Crippen molar-refractivity contribution in [3.63, 3.8) is 0 Å². The van der Waals surface area contributed by atoms with E-state index in [1.54, 1.807) is 18.2 Å². The number of nitrogens with zero attached hydrogens (tertiary/aromatic N) is 3. The van der Waals surface area contributed by atoms with Gasteiger partial charge in [-0.3, -0.25) is 0 Å². The van der Waals surface area contributed by atoms with Gasteiger partial charge in [0.2, 0.25) is 0 Å². The van der Waals surface area contributed by atoms with Crippen molar-refractivity contribution in [3.8, 4) is 101 Å². The van der Waals surface area contributed by atoms with Gasteiger partial charge >= 0.3 is 37.4 Å². The molecule has 0 unspecified atom stereocenters. The van der Waals surface area contributed by atoms with E-state index in [1.807, 2.05) is 0 Å². The SMILES string of the molecule is Oc1ccc(-c2cccc(-c3ccc(O)cc3)c2N2C=c3c(c4c(c5c3=[O+][B-](F)(F)N(c3c(-c6ccc(O)cc6)cccc3-c3ccc(O)cc3)C=5)=[O+][B-](F)(F)N(c3c(-c5ccc(O)cc5)cccc3-c3ccc(O)cc3)C=4)=[O+][B-]2(F)F)cc1. The first kappa shape index (κ1) is 52.6. The fourth-order valence-corrected chi connectivity index (χ4v) is 11.1. The smallest absolute Gasteiger partial charge is 0.508 e. The number of benzene rings is 10. The lowest BCUT2D eigenvalue weighted by Gasteiger charge is -2.33. The third-order valence-corrected chi connectivity index (χ3v) is 15.0. The summed E-state index contributed by atoms with van der Waals surface area (Å²) in [7, 11) is -16.3. The molecule has 0 amide bonds. The molecule has 3 heterocycles. The Kier molecular flexibility index (Phi) is 12.3. The lowest BCUT2D eigenvalue weighted by atomic mass is 9.88. The van der Waals surface area contributed by atoms with Gasteiger partial charge < -0.3 is 84.0 Å². The molecule has 12 nitrogen and oxygen atoms in total. The summed E-state index contributed by atoms with van der Waals surface area (Å²) in [5, 5.41) is 60.3. The molecule has 21 heteroatoms. The van der Waals surface area contributed by atoms with Crippen LogP contribution in [0.3, 0.4) is 0 Å². The van der Waals surface area contributed by atoms with Crippen LogP contribution in [0.4, 0.5) is 43.0 Å². The van der Waals surface area contributed by atoms with E-state index in [2.05, 4.69) is 0 Å². The maximum atomic E-state index is 18.0. The maximum absolute atomic E-state index is 18.0. The van der Waals surface area contributed by atoms with Crippen molar-refractivity contribution < 1.29 is 56.5 Å². The lowest BCUT2D eigenvalue weighted by molar-refractivity contribution is 0.475. The Balaban J connectivity index is 1.17. The Labute approximate surface area is 472 Å². The molecular weight excluding hydrogens is 1090 g/mol. The summed E-state index contributed by atoms with van der Waals surface area (Å²) in [6, 6.07) is 48.0. The van der Waals surface area contributed by atoms with Crippen LogP contribution < -0.4 is 46.4 Å². The van der Waals surface area contributed by atoms with Crippen LogP contribution in [0.25, 0.3) is 85.4 Å². The van der Waals surface area contributed by atoms with Crippen LogP contribution >= 0.6 is 0 Å². The molecule has 0 saturated heterocycles. The van der Waals surface area contributed by atoms with Crippen molar-refractivity contribution in [2.24, 2.45) is 0 Å². The number of para-hydroxylation sites is 3. The van der Waals surface area contributed by atoms with E-state index in [9.17, 15) is 30.6 Å². The minimum Gasteiger partial charge on any atom is -0.508 e. The summed E-state index contributed by atoms with van der Waals surface area (Å²) in [5.74, 6) is -0.782. The molecule has 0 aliphatic carbocycles. The van der Waals surface area contributed by atoms with Gasteiger partial charge in [0.25, 0.3) is 0 Å². The highest BCUT2D eigenvalue weighted by molar-refractivity contribution is 6.76. The molecule has 0 saturated carbocycles. The average Bonchev–Trinajstić information content (AvgIpc) is 0.765. The van der Waals surface area contributed by atoms with Crippen LogP contribution in [-0.2, 0) is 0 Å². The van der Waals surface area contributed by atoms with Gasteiger partial charge in [-0.2, -0.15) is 0 Å². The Morgan fingerprint density at radius 3 is 0.583 bits per heavy atom. The topological polar surface area (TPSA) is 165 Å². The number of aromatic hydroxyl groups is 6. The average molecular weight is 1130 g/mol. The highest BCUT2D eigenvalue weighted by Crippen LogP contribution is 2.47. The summed E-state index contributed by atoms with van der Waals surface area (Å²) in [5.41, 5.74) is -0.453. The highest BCUT2D eigenvalue weighted by Gasteiger charge is 2.59. The Hall–Kier alpha value is -10.8. The van der Waals surface area contributed by atoms with Gasteiger partial charge in [-0.25, -0.2) is 0 Å². The molecule has 6 N–H and O–H groups in total. The largest absolute Gasteiger partial charge is 0.891 e. The van der Waals surface area contributed by atoms with Crippen molar-refractivity contribution in [2.45, 2.75) is 0 Å². The van der Waals surface area contributed by atoms with E-state index in [0.717, 1.165) is 18.6 Å². The zero-order chi connectivity index (χ0) is 58.4. The fourth-order valence-electron chi connectivity index (χ4n) is 11.1. The van der Waals surface area contributed by atoms with Gasteiger partial charge in [-0.1, -0.05) is 127 Å². The van der Waals surface area contributed by atoms with Crippen molar-refractivity contribution in [3.05, 3.63) is 245 Å². The predicted molar refractivity (Wildman–Crippen MR) is 318 cm³/mol.